The number of β-lactam (4-membered cyclic amide) rings is 1. The summed E-state index contributed by atoms with van der Waals surface area (Å²) in [6, 6.07) is -1.02. The number of aliphatic carboxylic acids is 1. The third kappa shape index (κ3) is 6.49. The minimum Gasteiger partial charge on any atom is -0.543 e. The van der Waals surface area contributed by atoms with Gasteiger partial charge in [-0.05, 0) is 43.1 Å². The summed E-state index contributed by atoms with van der Waals surface area (Å²) < 4.78 is 1.65. The zero-order chi connectivity index (χ0) is 26.7. The van der Waals surface area contributed by atoms with Gasteiger partial charge in [0.05, 0.1) is 17.4 Å². The Morgan fingerprint density at radius 3 is 2.84 bits per heavy atom. The fraction of sp³-hybridized carbons (Fsp3) is 0.474. The average molecular weight is 591 g/mol. The molecule has 1 fully saturated rings. The Hall–Kier alpha value is -2.22. The number of carboxylic acid groups (broad SMARTS) is 1. The SMILES string of the molecule is CN(C)CCCn1nnnc1SCC1=C(C(=O)[O-])N2C(=O)C(NC(=O)C(=NO)c3csc(=N)[nH]3)[C@@H]2SC1.[Na+]. The fourth-order valence-corrected chi connectivity index (χ4v) is 6.72. The van der Waals surface area contributed by atoms with Gasteiger partial charge >= 0.3 is 29.6 Å². The normalized spacial score (nSPS) is 19.2. The Morgan fingerprint density at radius 2 is 2.21 bits per heavy atom. The van der Waals surface area contributed by atoms with E-state index in [0.29, 0.717) is 23.0 Å². The van der Waals surface area contributed by atoms with Gasteiger partial charge in [-0.25, -0.2) is 4.68 Å². The molecule has 0 spiro atoms. The van der Waals surface area contributed by atoms with Crippen LogP contribution in [0, 0.1) is 5.41 Å². The van der Waals surface area contributed by atoms with Crippen LogP contribution in [0.1, 0.15) is 12.1 Å². The van der Waals surface area contributed by atoms with E-state index < -0.39 is 34.9 Å². The zero-order valence-electron chi connectivity index (χ0n) is 20.7. The zero-order valence-corrected chi connectivity index (χ0v) is 25.2. The first-order chi connectivity index (χ1) is 17.7. The van der Waals surface area contributed by atoms with Crippen LogP contribution in [0.3, 0.4) is 0 Å². The number of rotatable bonds is 11. The predicted octanol–water partition coefficient (Wildman–Crippen LogP) is -5.13. The van der Waals surface area contributed by atoms with Crippen molar-refractivity contribution < 1.29 is 54.3 Å². The maximum Gasteiger partial charge on any atom is 1.00 e. The molecule has 15 nitrogen and oxygen atoms in total. The fourth-order valence-electron chi connectivity index (χ4n) is 3.76. The van der Waals surface area contributed by atoms with Crippen LogP contribution >= 0.6 is 34.9 Å². The molecule has 4 heterocycles. The molecule has 4 N–H and O–H groups in total. The number of aryl methyl sites for hydroxylation is 1. The van der Waals surface area contributed by atoms with Gasteiger partial charge in [0.2, 0.25) is 5.16 Å². The van der Waals surface area contributed by atoms with Crippen molar-refractivity contribution in [1.29, 1.82) is 5.41 Å². The molecule has 19 heteroatoms. The number of thiazole rings is 1. The first-order valence-corrected chi connectivity index (χ1v) is 13.8. The predicted molar refractivity (Wildman–Crippen MR) is 132 cm³/mol. The number of aromatic amines is 1. The smallest absolute Gasteiger partial charge is 0.543 e. The van der Waals surface area contributed by atoms with E-state index in [4.69, 9.17) is 5.41 Å². The summed E-state index contributed by atoms with van der Waals surface area (Å²) in [5.41, 5.74) is -0.00778. The second-order valence-corrected chi connectivity index (χ2v) is 11.2. The number of amides is 2. The summed E-state index contributed by atoms with van der Waals surface area (Å²) in [6.07, 6.45) is 0.836. The van der Waals surface area contributed by atoms with E-state index in [9.17, 15) is 24.7 Å². The summed E-state index contributed by atoms with van der Waals surface area (Å²) >= 11 is 3.57. The van der Waals surface area contributed by atoms with E-state index in [1.165, 1.54) is 28.9 Å². The molecule has 4 rings (SSSR count). The third-order valence-electron chi connectivity index (χ3n) is 5.49. The Kier molecular flexibility index (Phi) is 10.6. The van der Waals surface area contributed by atoms with Crippen LogP contribution in [-0.4, -0.2) is 107 Å². The Bertz CT molecular complexity index is 1320. The van der Waals surface area contributed by atoms with Crippen molar-refractivity contribution in [3.05, 3.63) is 27.1 Å². The van der Waals surface area contributed by atoms with Gasteiger partial charge in [-0.1, -0.05) is 16.9 Å². The molecule has 2 aliphatic heterocycles. The number of tetrazole rings is 1. The summed E-state index contributed by atoms with van der Waals surface area (Å²) in [5.74, 6) is -2.41. The monoisotopic (exact) mass is 590 g/mol. The summed E-state index contributed by atoms with van der Waals surface area (Å²) in [4.78, 5) is 43.3. The van der Waals surface area contributed by atoms with E-state index in [-0.39, 0.29) is 51.5 Å². The summed E-state index contributed by atoms with van der Waals surface area (Å²) in [5, 5.41) is 47.3. The Balaban J connectivity index is 0.00000400. The molecule has 198 valence electrons. The minimum absolute atomic E-state index is 0. The van der Waals surface area contributed by atoms with Crippen molar-refractivity contribution >= 4 is 58.4 Å². The first kappa shape index (κ1) is 30.3. The van der Waals surface area contributed by atoms with Gasteiger partial charge < -0.3 is 30.3 Å². The van der Waals surface area contributed by atoms with E-state index in [1.54, 1.807) is 4.68 Å². The van der Waals surface area contributed by atoms with Crippen LogP contribution in [0.25, 0.3) is 0 Å². The number of carbonyl (C=O) groups excluding carboxylic acids is 3. The quantitative estimate of drug-likeness (QED) is 0.0486. The molecule has 1 unspecified atom stereocenters. The van der Waals surface area contributed by atoms with E-state index in [1.807, 2.05) is 14.1 Å². The van der Waals surface area contributed by atoms with Gasteiger partial charge in [0.25, 0.3) is 11.8 Å². The van der Waals surface area contributed by atoms with Crippen LogP contribution < -0.4 is 44.8 Å². The van der Waals surface area contributed by atoms with Gasteiger partial charge in [0.15, 0.2) is 10.5 Å². The standard InChI is InChI=1S/C19H24N10O5S3.Na/c1-27(2)4-3-5-28-19(23-25-26-28)37-7-9-6-35-16-12(15(31)29(16)13(9)17(32)33)22-14(30)11(24-34)10-8-36-18(20)21-10;/h8,12,16,34H,3-7H2,1-2H3,(H2,20,21)(H,22,30)(H,32,33);/q;+1/p-1/t12?,16-;/m0./s1. The summed E-state index contributed by atoms with van der Waals surface area (Å²) in [6.45, 7) is 1.47. The maximum absolute atomic E-state index is 12.9. The van der Waals surface area contributed by atoms with Crippen molar-refractivity contribution in [2.75, 3.05) is 32.1 Å². The van der Waals surface area contributed by atoms with Gasteiger partial charge in [0.1, 0.15) is 11.4 Å². The third-order valence-corrected chi connectivity index (χ3v) is 8.56. The topological polar surface area (TPSA) is 209 Å². The van der Waals surface area contributed by atoms with Crippen LogP contribution in [-0.2, 0) is 20.9 Å². The molecule has 0 aliphatic carbocycles. The molecule has 2 aliphatic rings. The largest absolute Gasteiger partial charge is 1.00 e. The van der Waals surface area contributed by atoms with Crippen LogP contribution in [0.4, 0.5) is 0 Å². The van der Waals surface area contributed by atoms with Crippen molar-refractivity contribution in [2.45, 2.75) is 29.5 Å². The maximum atomic E-state index is 12.9. The molecule has 0 saturated carbocycles. The van der Waals surface area contributed by atoms with E-state index in [0.717, 1.165) is 29.2 Å². The number of thioether (sulfide) groups is 2. The second kappa shape index (κ2) is 13.2. The number of nitrogens with one attached hydrogen (secondary N) is 3. The number of hydrogen-bond acceptors (Lipinski definition) is 14. The second-order valence-electron chi connectivity index (χ2n) is 8.28. The molecule has 2 aromatic rings. The van der Waals surface area contributed by atoms with Crippen molar-refractivity contribution in [3.8, 4) is 0 Å². The van der Waals surface area contributed by atoms with E-state index in [2.05, 4.69) is 35.9 Å². The molecular weight excluding hydrogens is 567 g/mol. The minimum atomic E-state index is -1.49. The number of fused-ring (bicyclic) bond motifs is 1. The van der Waals surface area contributed by atoms with Crippen LogP contribution in [0.15, 0.2) is 27.0 Å². The number of oxime groups is 1. The average Bonchev–Trinajstić information content (AvgIpc) is 3.49. The van der Waals surface area contributed by atoms with Crippen molar-refractivity contribution in [2.24, 2.45) is 5.16 Å². The number of nitrogens with zero attached hydrogens (tertiary/aromatic N) is 7. The molecule has 2 atom stereocenters. The molecule has 0 bridgehead atoms. The number of carboxylic acids is 1. The molecule has 0 aromatic carbocycles. The van der Waals surface area contributed by atoms with Gasteiger partial charge in [-0.15, -0.1) is 28.2 Å². The molecule has 1 saturated heterocycles. The first-order valence-electron chi connectivity index (χ1n) is 10.9. The molecule has 2 amide bonds. The number of aromatic nitrogens is 5. The van der Waals surface area contributed by atoms with Gasteiger partial charge in [0, 0.05) is 23.4 Å². The van der Waals surface area contributed by atoms with Crippen molar-refractivity contribution in [1.82, 2.24) is 40.3 Å². The van der Waals surface area contributed by atoms with Gasteiger partial charge in [-0.2, -0.15) is 0 Å². The van der Waals surface area contributed by atoms with Crippen molar-refractivity contribution in [3.63, 3.8) is 0 Å². The Labute approximate surface area is 250 Å². The van der Waals surface area contributed by atoms with Gasteiger partial charge in [-0.3, -0.25) is 19.9 Å². The number of carbonyl (C=O) groups is 3. The number of H-pyrrole nitrogens is 1. The molecule has 38 heavy (non-hydrogen) atoms. The van der Waals surface area contributed by atoms with E-state index >= 15 is 0 Å². The molecule has 2 aromatic heterocycles. The molecular formula is C19H23N10NaO5S3. The number of hydrogen-bond donors (Lipinski definition) is 4. The van der Waals surface area contributed by atoms with Crippen LogP contribution in [0.2, 0.25) is 0 Å². The van der Waals surface area contributed by atoms with Crippen LogP contribution in [0.5, 0.6) is 0 Å². The Morgan fingerprint density at radius 1 is 1.45 bits per heavy atom. The summed E-state index contributed by atoms with van der Waals surface area (Å²) in [7, 11) is 3.94. The molecule has 0 radical (unpaired) electrons.